The molecule has 1 aliphatic carbocycles. The number of halogens is 2. The molecule has 0 aromatic carbocycles. The fourth-order valence-electron chi connectivity index (χ4n) is 2.59. The zero-order valence-electron chi connectivity index (χ0n) is 11.7. The van der Waals surface area contributed by atoms with Crippen molar-refractivity contribution >= 4 is 17.1 Å². The summed E-state index contributed by atoms with van der Waals surface area (Å²) in [5.41, 5.74) is 1.32. The van der Waals surface area contributed by atoms with E-state index in [1.807, 2.05) is 6.07 Å². The third-order valence-corrected chi connectivity index (χ3v) is 3.75. The molecule has 1 N–H and O–H groups in total. The predicted octanol–water partition coefficient (Wildman–Crippen LogP) is 3.45. The van der Waals surface area contributed by atoms with Crippen LogP contribution in [0.1, 0.15) is 31.2 Å². The van der Waals surface area contributed by atoms with Crippen molar-refractivity contribution in [1.29, 1.82) is 5.26 Å². The molecule has 22 heavy (non-hydrogen) atoms. The van der Waals surface area contributed by atoms with Crippen LogP contribution in [0, 0.1) is 11.3 Å². The Kier molecular flexibility index (Phi) is 3.75. The Morgan fingerprint density at radius 3 is 2.86 bits per heavy atom. The summed E-state index contributed by atoms with van der Waals surface area (Å²) < 4.78 is 32.2. The summed E-state index contributed by atoms with van der Waals surface area (Å²) >= 11 is 0. The van der Waals surface area contributed by atoms with Gasteiger partial charge in [-0.2, -0.15) is 5.26 Å². The van der Waals surface area contributed by atoms with Crippen molar-refractivity contribution < 1.29 is 13.5 Å². The molecule has 0 amide bonds. The zero-order valence-corrected chi connectivity index (χ0v) is 11.7. The van der Waals surface area contributed by atoms with Crippen LogP contribution < -0.4 is 4.74 Å². The van der Waals surface area contributed by atoms with Gasteiger partial charge in [-0.1, -0.05) is 0 Å². The molecule has 7 heteroatoms. The standard InChI is InChI=1S/C15H14F2N4O/c16-15(17)5-3-11(4-6-15)22-14-12-10(2-1-7-18)8-19-13(12)20-9-21-14/h1-2,8-9,11H,3-6H2,(H,19,20,21)/b2-1-. The molecule has 3 rings (SSSR count). The average Bonchev–Trinajstić information content (AvgIpc) is 2.91. The quantitative estimate of drug-likeness (QED) is 0.881. The van der Waals surface area contributed by atoms with E-state index in [0.717, 1.165) is 5.56 Å². The Bertz CT molecular complexity index is 738. The maximum absolute atomic E-state index is 13.2. The third kappa shape index (κ3) is 2.91. The number of nitriles is 1. The van der Waals surface area contributed by atoms with E-state index in [1.54, 1.807) is 12.3 Å². The Labute approximate surface area is 125 Å². The van der Waals surface area contributed by atoms with Crippen molar-refractivity contribution in [2.45, 2.75) is 37.7 Å². The largest absolute Gasteiger partial charge is 0.474 e. The van der Waals surface area contributed by atoms with Crippen molar-refractivity contribution in [1.82, 2.24) is 15.0 Å². The molecule has 2 aromatic rings. The zero-order chi connectivity index (χ0) is 15.6. The van der Waals surface area contributed by atoms with Gasteiger partial charge in [0.1, 0.15) is 18.1 Å². The first-order chi connectivity index (χ1) is 10.6. The second-order valence-corrected chi connectivity index (χ2v) is 5.28. The fourth-order valence-corrected chi connectivity index (χ4v) is 2.59. The van der Waals surface area contributed by atoms with E-state index >= 15 is 0 Å². The number of hydrogen-bond donors (Lipinski definition) is 1. The number of nitrogens with one attached hydrogen (secondary N) is 1. The van der Waals surface area contributed by atoms with E-state index in [4.69, 9.17) is 10.00 Å². The fraction of sp³-hybridized carbons (Fsp3) is 0.400. The SMILES string of the molecule is N#C/C=C\c1c[nH]c2ncnc(OC3CCC(F)(F)CC3)c12. The number of allylic oxidation sites excluding steroid dienone is 1. The number of aromatic amines is 1. The molecule has 0 aliphatic heterocycles. The van der Waals surface area contributed by atoms with Crippen molar-refractivity contribution in [3.05, 3.63) is 24.2 Å². The van der Waals surface area contributed by atoms with Crippen LogP contribution in [0.25, 0.3) is 17.1 Å². The minimum atomic E-state index is -2.59. The lowest BCUT2D eigenvalue weighted by atomic mass is 9.94. The van der Waals surface area contributed by atoms with Crippen molar-refractivity contribution in [3.63, 3.8) is 0 Å². The van der Waals surface area contributed by atoms with E-state index in [2.05, 4.69) is 15.0 Å². The van der Waals surface area contributed by atoms with Crippen LogP contribution in [-0.4, -0.2) is 27.0 Å². The minimum absolute atomic E-state index is 0.166. The highest BCUT2D eigenvalue weighted by Gasteiger charge is 2.36. The lowest BCUT2D eigenvalue weighted by Gasteiger charge is -2.28. The maximum Gasteiger partial charge on any atom is 0.248 e. The van der Waals surface area contributed by atoms with Gasteiger partial charge >= 0.3 is 0 Å². The van der Waals surface area contributed by atoms with Gasteiger partial charge in [0, 0.05) is 30.7 Å². The molecule has 2 aromatic heterocycles. The van der Waals surface area contributed by atoms with Crippen molar-refractivity contribution in [2.75, 3.05) is 0 Å². The van der Waals surface area contributed by atoms with E-state index < -0.39 is 5.92 Å². The number of rotatable bonds is 3. The van der Waals surface area contributed by atoms with Gasteiger partial charge in [0.05, 0.1) is 11.5 Å². The maximum atomic E-state index is 13.2. The molecule has 1 saturated carbocycles. The number of H-pyrrole nitrogens is 1. The Morgan fingerprint density at radius 1 is 1.36 bits per heavy atom. The molecule has 0 atom stereocenters. The highest BCUT2D eigenvalue weighted by molar-refractivity contribution is 5.90. The molecule has 0 radical (unpaired) electrons. The smallest absolute Gasteiger partial charge is 0.248 e. The minimum Gasteiger partial charge on any atom is -0.474 e. The van der Waals surface area contributed by atoms with E-state index in [-0.39, 0.29) is 18.9 Å². The highest BCUT2D eigenvalue weighted by Crippen LogP contribution is 2.36. The molecule has 0 unspecified atom stereocenters. The summed E-state index contributed by atoms with van der Waals surface area (Å²) in [6.07, 6.45) is 6.03. The van der Waals surface area contributed by atoms with Gasteiger partial charge in [-0.15, -0.1) is 0 Å². The Balaban J connectivity index is 1.86. The normalized spacial score (nSPS) is 18.6. The number of aromatic nitrogens is 3. The number of ether oxygens (including phenoxy) is 1. The molecule has 2 heterocycles. The van der Waals surface area contributed by atoms with Gasteiger partial charge < -0.3 is 9.72 Å². The molecule has 0 spiro atoms. The first-order valence-electron chi connectivity index (χ1n) is 7.02. The summed E-state index contributed by atoms with van der Waals surface area (Å²) in [6.45, 7) is 0. The van der Waals surface area contributed by atoms with Crippen molar-refractivity contribution in [2.24, 2.45) is 0 Å². The highest BCUT2D eigenvalue weighted by atomic mass is 19.3. The van der Waals surface area contributed by atoms with Gasteiger partial charge in [0.2, 0.25) is 11.8 Å². The van der Waals surface area contributed by atoms with Gasteiger partial charge in [-0.05, 0) is 18.9 Å². The molecule has 1 fully saturated rings. The first kappa shape index (κ1) is 14.4. The van der Waals surface area contributed by atoms with Crippen LogP contribution in [-0.2, 0) is 0 Å². The van der Waals surface area contributed by atoms with E-state index in [0.29, 0.717) is 29.8 Å². The lowest BCUT2D eigenvalue weighted by Crippen LogP contribution is -2.31. The van der Waals surface area contributed by atoms with Crippen LogP contribution in [0.4, 0.5) is 8.78 Å². The molecule has 0 bridgehead atoms. The third-order valence-electron chi connectivity index (χ3n) is 3.75. The summed E-state index contributed by atoms with van der Waals surface area (Å²) in [5, 5.41) is 9.29. The summed E-state index contributed by atoms with van der Waals surface area (Å²) in [5.74, 6) is -2.23. The second kappa shape index (κ2) is 5.72. The Morgan fingerprint density at radius 2 is 2.14 bits per heavy atom. The topological polar surface area (TPSA) is 74.6 Å². The average molecular weight is 304 g/mol. The van der Waals surface area contributed by atoms with E-state index in [9.17, 15) is 8.78 Å². The van der Waals surface area contributed by atoms with E-state index in [1.165, 1.54) is 12.4 Å². The van der Waals surface area contributed by atoms with Gasteiger partial charge in [0.15, 0.2) is 0 Å². The number of fused-ring (bicyclic) bond motifs is 1. The lowest BCUT2D eigenvalue weighted by molar-refractivity contribution is -0.0586. The van der Waals surface area contributed by atoms with Crippen LogP contribution >= 0.6 is 0 Å². The Hall–Kier alpha value is -2.49. The summed E-state index contributed by atoms with van der Waals surface area (Å²) in [7, 11) is 0. The molecular formula is C15H14F2N4O. The molecular weight excluding hydrogens is 290 g/mol. The predicted molar refractivity (Wildman–Crippen MR) is 76.4 cm³/mol. The molecule has 1 aliphatic rings. The summed E-state index contributed by atoms with van der Waals surface area (Å²) in [4.78, 5) is 11.2. The molecule has 114 valence electrons. The van der Waals surface area contributed by atoms with Gasteiger partial charge in [-0.25, -0.2) is 18.7 Å². The van der Waals surface area contributed by atoms with Crippen LogP contribution in [0.2, 0.25) is 0 Å². The first-order valence-corrected chi connectivity index (χ1v) is 7.02. The van der Waals surface area contributed by atoms with Crippen LogP contribution in [0.3, 0.4) is 0 Å². The number of alkyl halides is 2. The summed E-state index contributed by atoms with van der Waals surface area (Å²) in [6, 6.07) is 1.92. The molecule has 5 nitrogen and oxygen atoms in total. The van der Waals surface area contributed by atoms with Gasteiger partial charge in [-0.3, -0.25) is 0 Å². The second-order valence-electron chi connectivity index (χ2n) is 5.28. The monoisotopic (exact) mass is 304 g/mol. The number of hydrogen-bond acceptors (Lipinski definition) is 4. The van der Waals surface area contributed by atoms with Crippen LogP contribution in [0.15, 0.2) is 18.6 Å². The molecule has 0 saturated heterocycles. The van der Waals surface area contributed by atoms with Gasteiger partial charge in [0.25, 0.3) is 0 Å². The van der Waals surface area contributed by atoms with Crippen LogP contribution in [0.5, 0.6) is 5.88 Å². The van der Waals surface area contributed by atoms with Crippen molar-refractivity contribution in [3.8, 4) is 11.9 Å². The number of nitrogens with zero attached hydrogens (tertiary/aromatic N) is 3.